The molecule has 0 saturated carbocycles. The number of rotatable bonds is 31. The zero-order chi connectivity index (χ0) is 28.7. The van der Waals surface area contributed by atoms with Crippen molar-refractivity contribution < 1.29 is 24.2 Å². The van der Waals surface area contributed by atoms with Crippen LogP contribution >= 0.6 is 0 Å². The molecule has 0 amide bonds. The van der Waals surface area contributed by atoms with E-state index in [1.165, 1.54) is 122 Å². The first-order valence-electron chi connectivity index (χ1n) is 17.1. The fourth-order valence-electron chi connectivity index (χ4n) is 5.02. The molecule has 0 saturated heterocycles. The molecule has 0 spiro atoms. The molecule has 0 aliphatic heterocycles. The summed E-state index contributed by atoms with van der Waals surface area (Å²) in [6.07, 6.45) is 31.7. The summed E-state index contributed by atoms with van der Waals surface area (Å²) in [5, 5.41) is 9.46. The zero-order valence-electron chi connectivity index (χ0n) is 26.2. The van der Waals surface area contributed by atoms with Crippen LogP contribution in [0.4, 0.5) is 0 Å². The third-order valence-corrected chi connectivity index (χ3v) is 7.65. The van der Waals surface area contributed by atoms with E-state index >= 15 is 0 Å². The molecule has 0 unspecified atom stereocenters. The molecular weight excluding hydrogens is 488 g/mol. The molecule has 232 valence electrons. The van der Waals surface area contributed by atoms with Crippen molar-refractivity contribution in [1.82, 2.24) is 0 Å². The molecule has 1 atom stereocenters. The summed E-state index contributed by atoms with van der Waals surface area (Å²) in [5.41, 5.74) is 0. The van der Waals surface area contributed by atoms with E-state index in [4.69, 9.17) is 9.47 Å². The van der Waals surface area contributed by atoms with Gasteiger partial charge in [-0.3, -0.25) is 9.59 Å². The highest BCUT2D eigenvalue weighted by molar-refractivity contribution is 5.70. The topological polar surface area (TPSA) is 72.8 Å². The Morgan fingerprint density at radius 2 is 0.795 bits per heavy atom. The van der Waals surface area contributed by atoms with Crippen LogP contribution in [0.2, 0.25) is 0 Å². The number of carbonyl (C=O) groups excluding carboxylic acids is 2. The smallest absolute Gasteiger partial charge is 0.306 e. The molecule has 0 bridgehead atoms. The number of aliphatic hydroxyl groups is 1. The van der Waals surface area contributed by atoms with Gasteiger partial charge >= 0.3 is 11.9 Å². The van der Waals surface area contributed by atoms with Gasteiger partial charge in [0.25, 0.3) is 0 Å². The van der Waals surface area contributed by atoms with E-state index in [0.717, 1.165) is 38.5 Å². The average Bonchev–Trinajstić information content (AvgIpc) is 2.94. The largest absolute Gasteiger partial charge is 0.462 e. The fourth-order valence-corrected chi connectivity index (χ4v) is 5.02. The van der Waals surface area contributed by atoms with Crippen LogP contribution in [0, 0.1) is 0 Å². The van der Waals surface area contributed by atoms with E-state index in [-0.39, 0.29) is 25.2 Å². The van der Waals surface area contributed by atoms with Crippen molar-refractivity contribution in [3.8, 4) is 0 Å². The van der Waals surface area contributed by atoms with Gasteiger partial charge in [-0.05, 0) is 12.8 Å². The Bertz CT molecular complexity index is 522. The second kappa shape index (κ2) is 31.4. The third kappa shape index (κ3) is 29.7. The molecule has 0 rings (SSSR count). The minimum absolute atomic E-state index is 0.0588. The molecule has 0 fully saturated rings. The van der Waals surface area contributed by atoms with E-state index in [1.54, 1.807) is 0 Å². The van der Waals surface area contributed by atoms with Gasteiger partial charge in [0.1, 0.15) is 6.61 Å². The highest BCUT2D eigenvalue weighted by atomic mass is 16.6. The second-order valence-electron chi connectivity index (χ2n) is 11.6. The van der Waals surface area contributed by atoms with E-state index in [9.17, 15) is 14.7 Å². The first-order valence-corrected chi connectivity index (χ1v) is 17.1. The molecule has 1 N–H and O–H groups in total. The first kappa shape index (κ1) is 37.9. The standard InChI is InChI=1S/C34H66O5/c1-3-5-7-9-11-12-13-14-15-16-17-18-19-20-21-23-25-27-29-34(37)39-32(30-35)31-38-33(36)28-26-24-22-10-8-6-4-2/h32,35H,3-31H2,1-2H3/t32-/m0/s1. The van der Waals surface area contributed by atoms with Crippen LogP contribution in [0.1, 0.15) is 187 Å². The molecule has 0 aromatic rings. The number of hydrogen-bond donors (Lipinski definition) is 1. The molecule has 5 nitrogen and oxygen atoms in total. The summed E-state index contributed by atoms with van der Waals surface area (Å²) in [5.74, 6) is -0.588. The van der Waals surface area contributed by atoms with Crippen LogP contribution in [0.25, 0.3) is 0 Å². The minimum atomic E-state index is -0.758. The lowest BCUT2D eigenvalue weighted by atomic mass is 10.0. The average molecular weight is 555 g/mol. The van der Waals surface area contributed by atoms with Crippen LogP contribution in [0.5, 0.6) is 0 Å². The SMILES string of the molecule is CCCCCCCCCCCCCCCCCCCCC(=O)O[C@@H](CO)COC(=O)CCCCCCCCC. The van der Waals surface area contributed by atoms with Gasteiger partial charge in [0.05, 0.1) is 6.61 Å². The molecule has 0 heterocycles. The van der Waals surface area contributed by atoms with Crippen LogP contribution in [-0.2, 0) is 19.1 Å². The lowest BCUT2D eigenvalue weighted by Gasteiger charge is -2.15. The molecule has 39 heavy (non-hydrogen) atoms. The van der Waals surface area contributed by atoms with Crippen molar-refractivity contribution in [1.29, 1.82) is 0 Å². The Kier molecular flexibility index (Phi) is 30.5. The van der Waals surface area contributed by atoms with Gasteiger partial charge in [0.15, 0.2) is 6.10 Å². The van der Waals surface area contributed by atoms with Crippen molar-refractivity contribution in [3.05, 3.63) is 0 Å². The monoisotopic (exact) mass is 554 g/mol. The summed E-state index contributed by atoms with van der Waals surface area (Å²) in [6.45, 7) is 4.10. The summed E-state index contributed by atoms with van der Waals surface area (Å²) >= 11 is 0. The third-order valence-electron chi connectivity index (χ3n) is 7.65. The summed E-state index contributed by atoms with van der Waals surface area (Å²) in [7, 11) is 0. The second-order valence-corrected chi connectivity index (χ2v) is 11.6. The fraction of sp³-hybridized carbons (Fsp3) is 0.941. The number of ether oxygens (including phenoxy) is 2. The summed E-state index contributed by atoms with van der Waals surface area (Å²) in [4.78, 5) is 24.0. The Morgan fingerprint density at radius 3 is 1.13 bits per heavy atom. The maximum absolute atomic E-state index is 12.1. The summed E-state index contributed by atoms with van der Waals surface area (Å²) < 4.78 is 10.5. The molecule has 0 aliphatic carbocycles. The van der Waals surface area contributed by atoms with Gasteiger partial charge in [0.2, 0.25) is 0 Å². The first-order chi connectivity index (χ1) is 19.1. The Balaban J connectivity index is 3.47. The van der Waals surface area contributed by atoms with Crippen LogP contribution in [-0.4, -0.2) is 36.4 Å². The van der Waals surface area contributed by atoms with E-state index < -0.39 is 6.10 Å². The van der Waals surface area contributed by atoms with Gasteiger partial charge in [-0.1, -0.05) is 162 Å². The van der Waals surface area contributed by atoms with E-state index in [0.29, 0.717) is 12.8 Å². The highest BCUT2D eigenvalue weighted by Crippen LogP contribution is 2.15. The number of unbranched alkanes of at least 4 members (excludes halogenated alkanes) is 23. The predicted molar refractivity (Wildman–Crippen MR) is 164 cm³/mol. The van der Waals surface area contributed by atoms with E-state index in [1.807, 2.05) is 0 Å². The van der Waals surface area contributed by atoms with Crippen LogP contribution < -0.4 is 0 Å². The van der Waals surface area contributed by atoms with Gasteiger partial charge < -0.3 is 14.6 Å². The molecular formula is C34H66O5. The van der Waals surface area contributed by atoms with Gasteiger partial charge in [-0.25, -0.2) is 0 Å². The Hall–Kier alpha value is -1.10. The van der Waals surface area contributed by atoms with Gasteiger partial charge in [-0.15, -0.1) is 0 Å². The van der Waals surface area contributed by atoms with Gasteiger partial charge in [-0.2, -0.15) is 0 Å². The lowest BCUT2D eigenvalue weighted by Crippen LogP contribution is -2.28. The molecule has 5 heteroatoms. The molecule has 0 aliphatic rings. The number of aliphatic hydroxyl groups excluding tert-OH is 1. The van der Waals surface area contributed by atoms with Crippen LogP contribution in [0.15, 0.2) is 0 Å². The lowest BCUT2D eigenvalue weighted by molar-refractivity contribution is -0.161. The molecule has 0 radical (unpaired) electrons. The van der Waals surface area contributed by atoms with Crippen molar-refractivity contribution >= 4 is 11.9 Å². The molecule has 0 aromatic carbocycles. The number of esters is 2. The number of carbonyl (C=O) groups is 2. The Morgan fingerprint density at radius 1 is 0.487 bits per heavy atom. The minimum Gasteiger partial charge on any atom is -0.462 e. The highest BCUT2D eigenvalue weighted by Gasteiger charge is 2.16. The Labute approximate surface area is 242 Å². The van der Waals surface area contributed by atoms with Crippen molar-refractivity contribution in [3.63, 3.8) is 0 Å². The van der Waals surface area contributed by atoms with Crippen molar-refractivity contribution in [2.45, 2.75) is 193 Å². The summed E-state index contributed by atoms with van der Waals surface area (Å²) in [6, 6.07) is 0. The van der Waals surface area contributed by atoms with Crippen molar-refractivity contribution in [2.24, 2.45) is 0 Å². The molecule has 0 aromatic heterocycles. The van der Waals surface area contributed by atoms with Crippen molar-refractivity contribution in [2.75, 3.05) is 13.2 Å². The van der Waals surface area contributed by atoms with Crippen LogP contribution in [0.3, 0.4) is 0 Å². The zero-order valence-corrected chi connectivity index (χ0v) is 26.2. The van der Waals surface area contributed by atoms with Gasteiger partial charge in [0, 0.05) is 12.8 Å². The van der Waals surface area contributed by atoms with E-state index in [2.05, 4.69) is 13.8 Å². The number of hydrogen-bond acceptors (Lipinski definition) is 5. The normalized spacial score (nSPS) is 12.0. The maximum atomic E-state index is 12.1. The maximum Gasteiger partial charge on any atom is 0.306 e. The quantitative estimate of drug-likeness (QED) is 0.0681. The predicted octanol–water partition coefficient (Wildman–Crippen LogP) is 10.0.